The monoisotopic (exact) mass is 353 g/mol. The van der Waals surface area contributed by atoms with Gasteiger partial charge in [-0.2, -0.15) is 5.10 Å². The van der Waals surface area contributed by atoms with Crippen LogP contribution in [0, 0.1) is 6.92 Å². The summed E-state index contributed by atoms with van der Waals surface area (Å²) in [6.45, 7) is 4.02. The minimum absolute atomic E-state index is 0.237. The lowest BCUT2D eigenvalue weighted by Gasteiger charge is -2.22. The van der Waals surface area contributed by atoms with E-state index in [1.54, 1.807) is 0 Å². The van der Waals surface area contributed by atoms with Gasteiger partial charge in [-0.15, -0.1) is 0 Å². The fourth-order valence-electron chi connectivity index (χ4n) is 3.82. The highest BCUT2D eigenvalue weighted by atomic mass is 16.7. The molecule has 2 aromatic heterocycles. The highest BCUT2D eigenvalue weighted by Crippen LogP contribution is 2.38. The number of nitrogens with one attached hydrogen (secondary N) is 1. The molecule has 0 saturated carbocycles. The second-order valence-corrected chi connectivity index (χ2v) is 6.70. The Kier molecular flexibility index (Phi) is 3.63. The standard InChI is InChI=1S/C18H19N5O3/c1-11-17(22-26-21-11)14-3-2-6-23(14)9-13-8-19-20-18(13)12-4-5-15-16(7-12)25-10-24-15/h4-5,7-8,14H,2-3,6,9-10H2,1H3,(H,19,20). The number of hydrogen-bond donors (Lipinski definition) is 1. The minimum Gasteiger partial charge on any atom is -0.454 e. The zero-order valence-electron chi connectivity index (χ0n) is 14.4. The molecule has 2 aliphatic rings. The quantitative estimate of drug-likeness (QED) is 0.771. The van der Waals surface area contributed by atoms with Crippen LogP contribution < -0.4 is 9.47 Å². The van der Waals surface area contributed by atoms with E-state index in [0.29, 0.717) is 0 Å². The summed E-state index contributed by atoms with van der Waals surface area (Å²) >= 11 is 0. The van der Waals surface area contributed by atoms with Gasteiger partial charge in [0.15, 0.2) is 11.5 Å². The van der Waals surface area contributed by atoms with E-state index in [1.807, 2.05) is 31.3 Å². The first kappa shape index (κ1) is 15.4. The molecule has 0 bridgehead atoms. The molecule has 1 N–H and O–H groups in total. The van der Waals surface area contributed by atoms with E-state index in [0.717, 1.165) is 65.6 Å². The van der Waals surface area contributed by atoms with Crippen molar-refractivity contribution in [3.05, 3.63) is 41.3 Å². The fraction of sp³-hybridized carbons (Fsp3) is 0.389. The highest BCUT2D eigenvalue weighted by Gasteiger charge is 2.31. The molecular formula is C18H19N5O3. The lowest BCUT2D eigenvalue weighted by molar-refractivity contribution is 0.174. The van der Waals surface area contributed by atoms with Gasteiger partial charge in [0.1, 0.15) is 11.4 Å². The Hall–Kier alpha value is -2.87. The number of aryl methyl sites for hydroxylation is 1. The molecule has 0 spiro atoms. The van der Waals surface area contributed by atoms with Crippen molar-refractivity contribution in [2.24, 2.45) is 0 Å². The second kappa shape index (κ2) is 6.14. The van der Waals surface area contributed by atoms with Crippen molar-refractivity contribution in [1.82, 2.24) is 25.4 Å². The topological polar surface area (TPSA) is 89.3 Å². The molecule has 1 aromatic carbocycles. The van der Waals surface area contributed by atoms with Crippen LogP contribution in [0.25, 0.3) is 11.3 Å². The van der Waals surface area contributed by atoms with Gasteiger partial charge in [0.05, 0.1) is 17.9 Å². The molecule has 0 radical (unpaired) electrons. The van der Waals surface area contributed by atoms with Gasteiger partial charge in [-0.05, 0) is 44.5 Å². The van der Waals surface area contributed by atoms with Gasteiger partial charge in [0.25, 0.3) is 0 Å². The highest BCUT2D eigenvalue weighted by molar-refractivity contribution is 5.66. The number of aromatic amines is 1. The Labute approximate surface area is 150 Å². The summed E-state index contributed by atoms with van der Waals surface area (Å²) in [4.78, 5) is 2.41. The van der Waals surface area contributed by atoms with Gasteiger partial charge in [0, 0.05) is 17.7 Å². The third kappa shape index (κ3) is 2.53. The minimum atomic E-state index is 0.237. The number of likely N-dealkylation sites (tertiary alicyclic amines) is 1. The molecule has 1 unspecified atom stereocenters. The van der Waals surface area contributed by atoms with Crippen LogP contribution in [0.2, 0.25) is 0 Å². The van der Waals surface area contributed by atoms with Gasteiger partial charge in [-0.3, -0.25) is 10.00 Å². The molecule has 2 aliphatic heterocycles. The molecule has 0 amide bonds. The van der Waals surface area contributed by atoms with Crippen LogP contribution in [0.4, 0.5) is 0 Å². The first-order chi connectivity index (χ1) is 12.8. The Morgan fingerprint density at radius 2 is 2.15 bits per heavy atom. The number of aromatic nitrogens is 4. The fourth-order valence-corrected chi connectivity index (χ4v) is 3.82. The molecule has 5 rings (SSSR count). The van der Waals surface area contributed by atoms with Crippen LogP contribution >= 0.6 is 0 Å². The van der Waals surface area contributed by atoms with Crippen molar-refractivity contribution >= 4 is 0 Å². The lowest BCUT2D eigenvalue weighted by Crippen LogP contribution is -2.23. The van der Waals surface area contributed by atoms with Gasteiger partial charge < -0.3 is 9.47 Å². The van der Waals surface area contributed by atoms with Gasteiger partial charge >= 0.3 is 0 Å². The molecule has 8 nitrogen and oxygen atoms in total. The molecule has 1 fully saturated rings. The molecule has 1 saturated heterocycles. The van der Waals surface area contributed by atoms with Gasteiger partial charge in [-0.25, -0.2) is 4.63 Å². The van der Waals surface area contributed by atoms with Crippen molar-refractivity contribution < 1.29 is 14.1 Å². The van der Waals surface area contributed by atoms with Crippen LogP contribution in [0.1, 0.15) is 35.8 Å². The number of nitrogens with zero attached hydrogens (tertiary/aromatic N) is 4. The molecule has 4 heterocycles. The lowest BCUT2D eigenvalue weighted by atomic mass is 10.1. The number of ether oxygens (including phenoxy) is 2. The van der Waals surface area contributed by atoms with Crippen LogP contribution in [0.15, 0.2) is 29.0 Å². The Balaban J connectivity index is 1.42. The second-order valence-electron chi connectivity index (χ2n) is 6.70. The maximum atomic E-state index is 5.50. The summed E-state index contributed by atoms with van der Waals surface area (Å²) in [5, 5.41) is 15.4. The number of H-pyrrole nitrogens is 1. The van der Waals surface area contributed by atoms with Crippen LogP contribution in [-0.4, -0.2) is 38.7 Å². The molecule has 3 aromatic rings. The van der Waals surface area contributed by atoms with E-state index in [4.69, 9.17) is 14.1 Å². The first-order valence-electron chi connectivity index (χ1n) is 8.75. The molecule has 1 atom stereocenters. The summed E-state index contributed by atoms with van der Waals surface area (Å²) < 4.78 is 15.8. The van der Waals surface area contributed by atoms with Crippen LogP contribution in [0.3, 0.4) is 0 Å². The molecule has 26 heavy (non-hydrogen) atoms. The molecule has 8 heteroatoms. The van der Waals surface area contributed by atoms with E-state index in [-0.39, 0.29) is 12.8 Å². The summed E-state index contributed by atoms with van der Waals surface area (Å²) in [5.74, 6) is 1.55. The van der Waals surface area contributed by atoms with Crippen LogP contribution in [-0.2, 0) is 6.54 Å². The van der Waals surface area contributed by atoms with E-state index in [2.05, 4.69) is 25.4 Å². The van der Waals surface area contributed by atoms with E-state index >= 15 is 0 Å². The maximum absolute atomic E-state index is 5.50. The summed E-state index contributed by atoms with van der Waals surface area (Å²) in [5.41, 5.74) is 4.99. The van der Waals surface area contributed by atoms with E-state index in [1.165, 1.54) is 0 Å². The summed E-state index contributed by atoms with van der Waals surface area (Å²) in [7, 11) is 0. The Bertz CT molecular complexity index is 935. The predicted molar refractivity (Wildman–Crippen MR) is 91.6 cm³/mol. The number of benzene rings is 1. The first-order valence-corrected chi connectivity index (χ1v) is 8.75. The Morgan fingerprint density at radius 1 is 1.23 bits per heavy atom. The molecular weight excluding hydrogens is 334 g/mol. The zero-order valence-corrected chi connectivity index (χ0v) is 14.4. The largest absolute Gasteiger partial charge is 0.454 e. The third-order valence-corrected chi connectivity index (χ3v) is 5.12. The normalized spacial score (nSPS) is 19.3. The van der Waals surface area contributed by atoms with Crippen molar-refractivity contribution in [2.75, 3.05) is 13.3 Å². The average Bonchev–Trinajstić information content (AvgIpc) is 3.41. The van der Waals surface area contributed by atoms with Crippen molar-refractivity contribution in [1.29, 1.82) is 0 Å². The van der Waals surface area contributed by atoms with Crippen molar-refractivity contribution in [3.8, 4) is 22.8 Å². The van der Waals surface area contributed by atoms with Crippen molar-refractivity contribution in [3.63, 3.8) is 0 Å². The summed E-state index contributed by atoms with van der Waals surface area (Å²) in [6.07, 6.45) is 4.09. The van der Waals surface area contributed by atoms with Gasteiger partial charge in [-0.1, -0.05) is 10.3 Å². The SMILES string of the molecule is Cc1nonc1C1CCCN1Cc1cn[nH]c1-c1ccc2c(c1)OCO2. The number of rotatable bonds is 4. The average molecular weight is 353 g/mol. The Morgan fingerprint density at radius 3 is 3.04 bits per heavy atom. The maximum Gasteiger partial charge on any atom is 0.231 e. The summed E-state index contributed by atoms with van der Waals surface area (Å²) in [6, 6.07) is 6.19. The van der Waals surface area contributed by atoms with E-state index in [9.17, 15) is 0 Å². The van der Waals surface area contributed by atoms with E-state index < -0.39 is 0 Å². The van der Waals surface area contributed by atoms with Gasteiger partial charge in [0.2, 0.25) is 6.79 Å². The predicted octanol–water partition coefficient (Wildman–Crippen LogP) is 2.83. The smallest absolute Gasteiger partial charge is 0.231 e. The molecule has 134 valence electrons. The third-order valence-electron chi connectivity index (χ3n) is 5.12. The zero-order chi connectivity index (χ0) is 17.5. The molecule has 0 aliphatic carbocycles. The van der Waals surface area contributed by atoms with Crippen LogP contribution in [0.5, 0.6) is 11.5 Å². The number of fused-ring (bicyclic) bond motifs is 1. The number of hydrogen-bond acceptors (Lipinski definition) is 7. The van der Waals surface area contributed by atoms with Crippen molar-refractivity contribution in [2.45, 2.75) is 32.4 Å².